The average molecular weight is 345 g/mol. The van der Waals surface area contributed by atoms with Crippen molar-refractivity contribution in [2.75, 3.05) is 26.2 Å². The zero-order valence-corrected chi connectivity index (χ0v) is 13.4. The standard InChI is InChI=1S/C15H22F3N5O/c16-15(17,18)13-5-9-23(21-13)12-2-1-8-22(10-12)14(24)20-11-3-6-19-7-4-11/h5,9,11-12,19H,1-4,6-8,10H2,(H,20,24). The molecule has 9 heteroatoms. The second-order valence-electron chi connectivity index (χ2n) is 6.39. The Morgan fingerprint density at radius 3 is 2.71 bits per heavy atom. The van der Waals surface area contributed by atoms with Gasteiger partial charge in [-0.1, -0.05) is 0 Å². The average Bonchev–Trinajstić information content (AvgIpc) is 3.06. The minimum Gasteiger partial charge on any atom is -0.335 e. The number of aromatic nitrogens is 2. The molecule has 0 spiro atoms. The molecule has 0 aliphatic carbocycles. The zero-order chi connectivity index (χ0) is 17.2. The molecule has 2 aliphatic rings. The van der Waals surface area contributed by atoms with E-state index in [-0.39, 0.29) is 18.1 Å². The predicted molar refractivity (Wildman–Crippen MR) is 81.5 cm³/mol. The fourth-order valence-electron chi connectivity index (χ4n) is 3.28. The second kappa shape index (κ2) is 7.00. The molecule has 134 valence electrons. The predicted octanol–water partition coefficient (Wildman–Crippen LogP) is 2.00. The highest BCUT2D eigenvalue weighted by Crippen LogP contribution is 2.29. The Kier molecular flexibility index (Phi) is 4.98. The maximum Gasteiger partial charge on any atom is 0.435 e. The Bertz CT molecular complexity index is 568. The van der Waals surface area contributed by atoms with Gasteiger partial charge in [0.05, 0.1) is 6.04 Å². The fraction of sp³-hybridized carbons (Fsp3) is 0.733. The molecule has 1 aromatic rings. The molecule has 1 aromatic heterocycles. The molecule has 0 saturated carbocycles. The fourth-order valence-corrected chi connectivity index (χ4v) is 3.28. The first kappa shape index (κ1) is 17.1. The highest BCUT2D eigenvalue weighted by atomic mass is 19.4. The third-order valence-electron chi connectivity index (χ3n) is 4.62. The molecule has 2 saturated heterocycles. The summed E-state index contributed by atoms with van der Waals surface area (Å²) in [6.07, 6.45) is 0.184. The van der Waals surface area contributed by atoms with E-state index in [4.69, 9.17) is 0 Å². The number of amides is 2. The van der Waals surface area contributed by atoms with Crippen LogP contribution in [-0.2, 0) is 6.18 Å². The number of hydrogen-bond acceptors (Lipinski definition) is 3. The maximum absolute atomic E-state index is 12.7. The van der Waals surface area contributed by atoms with Crippen LogP contribution in [0.3, 0.4) is 0 Å². The van der Waals surface area contributed by atoms with Crippen molar-refractivity contribution in [2.45, 2.75) is 43.9 Å². The number of carbonyl (C=O) groups excluding carboxylic acids is 1. The van der Waals surface area contributed by atoms with Crippen LogP contribution in [0.25, 0.3) is 0 Å². The number of hydrogen-bond donors (Lipinski definition) is 2. The van der Waals surface area contributed by atoms with Crippen LogP contribution in [0, 0.1) is 0 Å². The van der Waals surface area contributed by atoms with E-state index in [9.17, 15) is 18.0 Å². The summed E-state index contributed by atoms with van der Waals surface area (Å²) < 4.78 is 39.4. The number of carbonyl (C=O) groups is 1. The van der Waals surface area contributed by atoms with Crippen LogP contribution in [0.1, 0.15) is 37.4 Å². The van der Waals surface area contributed by atoms with Crippen LogP contribution in [0.2, 0.25) is 0 Å². The van der Waals surface area contributed by atoms with E-state index in [1.165, 1.54) is 10.9 Å². The molecule has 2 amide bonds. The molecule has 2 fully saturated rings. The Balaban J connectivity index is 1.59. The first-order valence-corrected chi connectivity index (χ1v) is 8.32. The first-order chi connectivity index (χ1) is 11.4. The van der Waals surface area contributed by atoms with Crippen molar-refractivity contribution in [3.05, 3.63) is 18.0 Å². The van der Waals surface area contributed by atoms with Crippen molar-refractivity contribution in [3.8, 4) is 0 Å². The minimum atomic E-state index is -4.44. The lowest BCUT2D eigenvalue weighted by atomic mass is 10.1. The van der Waals surface area contributed by atoms with Crippen LogP contribution in [0.5, 0.6) is 0 Å². The summed E-state index contributed by atoms with van der Waals surface area (Å²) in [5, 5.41) is 9.91. The topological polar surface area (TPSA) is 62.2 Å². The summed E-state index contributed by atoms with van der Waals surface area (Å²) in [6.45, 7) is 2.79. The van der Waals surface area contributed by atoms with E-state index < -0.39 is 11.9 Å². The smallest absolute Gasteiger partial charge is 0.335 e. The third kappa shape index (κ3) is 4.00. The van der Waals surface area contributed by atoms with E-state index in [0.717, 1.165) is 44.8 Å². The zero-order valence-electron chi connectivity index (χ0n) is 13.4. The normalized spacial score (nSPS) is 23.3. The second-order valence-corrected chi connectivity index (χ2v) is 6.39. The Hall–Kier alpha value is -1.77. The molecule has 2 N–H and O–H groups in total. The van der Waals surface area contributed by atoms with Gasteiger partial charge in [0.1, 0.15) is 0 Å². The molecule has 2 aliphatic heterocycles. The van der Waals surface area contributed by atoms with Crippen LogP contribution >= 0.6 is 0 Å². The molecule has 1 unspecified atom stereocenters. The van der Waals surface area contributed by atoms with Crippen LogP contribution < -0.4 is 10.6 Å². The van der Waals surface area contributed by atoms with E-state index in [1.807, 2.05) is 0 Å². The van der Waals surface area contributed by atoms with Gasteiger partial charge < -0.3 is 15.5 Å². The maximum atomic E-state index is 12.7. The summed E-state index contributed by atoms with van der Waals surface area (Å²) in [5.41, 5.74) is -0.890. The molecule has 0 radical (unpaired) electrons. The third-order valence-corrected chi connectivity index (χ3v) is 4.62. The van der Waals surface area contributed by atoms with Crippen molar-refractivity contribution in [3.63, 3.8) is 0 Å². The number of likely N-dealkylation sites (tertiary alicyclic amines) is 1. The van der Waals surface area contributed by atoms with E-state index in [2.05, 4.69) is 15.7 Å². The highest BCUT2D eigenvalue weighted by Gasteiger charge is 2.35. The Morgan fingerprint density at radius 1 is 1.29 bits per heavy atom. The first-order valence-electron chi connectivity index (χ1n) is 8.32. The van der Waals surface area contributed by atoms with Crippen molar-refractivity contribution < 1.29 is 18.0 Å². The Morgan fingerprint density at radius 2 is 2.04 bits per heavy atom. The summed E-state index contributed by atoms with van der Waals surface area (Å²) in [7, 11) is 0. The van der Waals surface area contributed by atoms with Gasteiger partial charge in [-0.25, -0.2) is 4.79 Å². The number of alkyl halides is 3. The molecule has 0 bridgehead atoms. The van der Waals surface area contributed by atoms with Crippen molar-refractivity contribution in [2.24, 2.45) is 0 Å². The molecule has 6 nitrogen and oxygen atoms in total. The van der Waals surface area contributed by atoms with E-state index in [1.54, 1.807) is 4.90 Å². The van der Waals surface area contributed by atoms with Gasteiger partial charge in [-0.2, -0.15) is 18.3 Å². The summed E-state index contributed by atoms with van der Waals surface area (Å²) in [6, 6.07) is 0.803. The van der Waals surface area contributed by atoms with Gasteiger partial charge in [-0.05, 0) is 44.8 Å². The number of halogens is 3. The summed E-state index contributed by atoms with van der Waals surface area (Å²) in [4.78, 5) is 14.1. The number of nitrogens with zero attached hydrogens (tertiary/aromatic N) is 3. The molecular formula is C15H22F3N5O. The SMILES string of the molecule is O=C(NC1CCNCC1)N1CCCC(n2ccc(C(F)(F)F)n2)C1. The van der Waals surface area contributed by atoms with E-state index >= 15 is 0 Å². The van der Waals surface area contributed by atoms with Gasteiger partial charge in [-0.15, -0.1) is 0 Å². The highest BCUT2D eigenvalue weighted by molar-refractivity contribution is 5.74. The lowest BCUT2D eigenvalue weighted by molar-refractivity contribution is -0.141. The van der Waals surface area contributed by atoms with Crippen LogP contribution in [0.4, 0.5) is 18.0 Å². The van der Waals surface area contributed by atoms with E-state index in [0.29, 0.717) is 13.1 Å². The molecule has 1 atom stereocenters. The number of piperidine rings is 2. The number of nitrogens with one attached hydrogen (secondary N) is 2. The van der Waals surface area contributed by atoms with Gasteiger partial charge in [0, 0.05) is 25.3 Å². The van der Waals surface area contributed by atoms with Gasteiger partial charge >= 0.3 is 12.2 Å². The Labute approximate surface area is 138 Å². The molecular weight excluding hydrogens is 323 g/mol. The molecule has 0 aromatic carbocycles. The minimum absolute atomic E-state index is 0.130. The largest absolute Gasteiger partial charge is 0.435 e. The van der Waals surface area contributed by atoms with Gasteiger partial charge in [0.15, 0.2) is 5.69 Å². The lowest BCUT2D eigenvalue weighted by Gasteiger charge is -2.34. The number of rotatable bonds is 2. The van der Waals surface area contributed by atoms with Gasteiger partial charge in [-0.3, -0.25) is 4.68 Å². The summed E-state index contributed by atoms with van der Waals surface area (Å²) in [5.74, 6) is 0. The van der Waals surface area contributed by atoms with Crippen LogP contribution in [0.15, 0.2) is 12.3 Å². The van der Waals surface area contributed by atoms with Crippen molar-refractivity contribution >= 4 is 6.03 Å². The van der Waals surface area contributed by atoms with Crippen molar-refractivity contribution in [1.82, 2.24) is 25.3 Å². The monoisotopic (exact) mass is 345 g/mol. The van der Waals surface area contributed by atoms with Gasteiger partial charge in [0.2, 0.25) is 0 Å². The van der Waals surface area contributed by atoms with Gasteiger partial charge in [0.25, 0.3) is 0 Å². The summed E-state index contributed by atoms with van der Waals surface area (Å²) >= 11 is 0. The quantitative estimate of drug-likeness (QED) is 0.862. The molecule has 3 heterocycles. The van der Waals surface area contributed by atoms with Crippen molar-refractivity contribution in [1.29, 1.82) is 0 Å². The van der Waals surface area contributed by atoms with Crippen LogP contribution in [-0.4, -0.2) is 52.9 Å². The molecule has 24 heavy (non-hydrogen) atoms. The lowest BCUT2D eigenvalue weighted by Crippen LogP contribution is -2.51. The number of urea groups is 1. The molecule has 3 rings (SSSR count).